The van der Waals surface area contributed by atoms with Gasteiger partial charge in [0.15, 0.2) is 0 Å². The quantitative estimate of drug-likeness (QED) is 0.811. The molecule has 0 saturated carbocycles. The average molecular weight is 351 g/mol. The lowest BCUT2D eigenvalue weighted by atomic mass is 9.99. The first-order chi connectivity index (χ1) is 10.2. The Hall–Kier alpha value is -1.26. The fraction of sp³-hybridized carbons (Fsp3) is 0.353. The molecule has 1 aromatic heterocycles. The van der Waals surface area contributed by atoms with Crippen molar-refractivity contribution in [3.8, 4) is 0 Å². The number of nitrogens with one attached hydrogen (secondary N) is 1. The summed E-state index contributed by atoms with van der Waals surface area (Å²) in [4.78, 5) is 4.04. The third-order valence-electron chi connectivity index (χ3n) is 3.49. The Labute approximate surface area is 133 Å². The standard InChI is InChI=1S/C17H20BrFN2/c1-2-21-15(5-3-13-7-9-20-10-8-13)11-14-4-6-17(19)16(18)12-14/h4,6-10,12,15,21H,2-3,5,11H2,1H3. The fourth-order valence-electron chi connectivity index (χ4n) is 2.41. The SMILES string of the molecule is CCNC(CCc1ccncc1)Cc1ccc(F)c(Br)c1. The Morgan fingerprint density at radius 3 is 2.62 bits per heavy atom. The van der Waals surface area contributed by atoms with Gasteiger partial charge < -0.3 is 5.32 Å². The van der Waals surface area contributed by atoms with Crippen LogP contribution in [0.5, 0.6) is 0 Å². The van der Waals surface area contributed by atoms with E-state index in [9.17, 15) is 4.39 Å². The summed E-state index contributed by atoms with van der Waals surface area (Å²) in [6, 6.07) is 9.74. The molecule has 1 unspecified atom stereocenters. The minimum absolute atomic E-state index is 0.212. The van der Waals surface area contributed by atoms with Crippen LogP contribution in [0.15, 0.2) is 47.2 Å². The lowest BCUT2D eigenvalue weighted by molar-refractivity contribution is 0.490. The molecule has 1 atom stereocenters. The third kappa shape index (κ3) is 5.21. The summed E-state index contributed by atoms with van der Waals surface area (Å²) < 4.78 is 13.8. The van der Waals surface area contributed by atoms with Crippen LogP contribution in [0.3, 0.4) is 0 Å². The molecule has 0 bridgehead atoms. The minimum Gasteiger partial charge on any atom is -0.314 e. The van der Waals surface area contributed by atoms with Crippen molar-refractivity contribution in [2.24, 2.45) is 0 Å². The summed E-state index contributed by atoms with van der Waals surface area (Å²) in [6.45, 7) is 3.05. The highest BCUT2D eigenvalue weighted by Crippen LogP contribution is 2.18. The van der Waals surface area contributed by atoms with E-state index in [4.69, 9.17) is 0 Å². The number of nitrogens with zero attached hydrogens (tertiary/aromatic N) is 1. The van der Waals surface area contributed by atoms with E-state index in [0.29, 0.717) is 10.5 Å². The van der Waals surface area contributed by atoms with E-state index in [0.717, 1.165) is 31.4 Å². The van der Waals surface area contributed by atoms with Crippen LogP contribution in [0.25, 0.3) is 0 Å². The molecule has 1 aromatic carbocycles. The molecule has 2 rings (SSSR count). The van der Waals surface area contributed by atoms with E-state index < -0.39 is 0 Å². The normalized spacial score (nSPS) is 12.3. The molecule has 0 aliphatic heterocycles. The molecule has 2 nitrogen and oxygen atoms in total. The molecule has 2 aromatic rings. The van der Waals surface area contributed by atoms with Gasteiger partial charge in [-0.2, -0.15) is 0 Å². The van der Waals surface area contributed by atoms with Crippen LogP contribution in [0.2, 0.25) is 0 Å². The first kappa shape index (κ1) is 16.1. The van der Waals surface area contributed by atoms with Crippen molar-refractivity contribution >= 4 is 15.9 Å². The van der Waals surface area contributed by atoms with Gasteiger partial charge in [0.2, 0.25) is 0 Å². The van der Waals surface area contributed by atoms with E-state index in [-0.39, 0.29) is 5.82 Å². The Morgan fingerprint density at radius 1 is 1.19 bits per heavy atom. The molecule has 4 heteroatoms. The molecule has 0 spiro atoms. The number of hydrogen-bond donors (Lipinski definition) is 1. The number of halogens is 2. The van der Waals surface area contributed by atoms with Crippen LogP contribution >= 0.6 is 15.9 Å². The largest absolute Gasteiger partial charge is 0.314 e. The van der Waals surface area contributed by atoms with Gasteiger partial charge in [0, 0.05) is 18.4 Å². The van der Waals surface area contributed by atoms with Crippen molar-refractivity contribution < 1.29 is 4.39 Å². The molecule has 1 N–H and O–H groups in total. The summed E-state index contributed by atoms with van der Waals surface area (Å²) in [7, 11) is 0. The maximum Gasteiger partial charge on any atom is 0.137 e. The Bertz CT molecular complexity index is 560. The summed E-state index contributed by atoms with van der Waals surface area (Å²) in [5, 5.41) is 3.51. The molecule has 0 amide bonds. The van der Waals surface area contributed by atoms with Crippen LogP contribution < -0.4 is 5.32 Å². The second-order valence-electron chi connectivity index (χ2n) is 5.10. The van der Waals surface area contributed by atoms with Crippen LogP contribution in [0, 0.1) is 5.82 Å². The molecule has 21 heavy (non-hydrogen) atoms. The molecule has 0 aliphatic rings. The molecular weight excluding hydrogens is 331 g/mol. The summed E-state index contributed by atoms with van der Waals surface area (Å²) in [6.07, 6.45) is 6.62. The van der Waals surface area contributed by atoms with Gasteiger partial charge in [0.1, 0.15) is 5.82 Å². The van der Waals surface area contributed by atoms with Gasteiger partial charge in [-0.15, -0.1) is 0 Å². The molecule has 1 heterocycles. The summed E-state index contributed by atoms with van der Waals surface area (Å²) in [5.41, 5.74) is 2.44. The van der Waals surface area contributed by atoms with Crippen molar-refractivity contribution in [2.45, 2.75) is 32.2 Å². The molecule has 112 valence electrons. The van der Waals surface area contributed by atoms with Gasteiger partial charge in [0.05, 0.1) is 4.47 Å². The monoisotopic (exact) mass is 350 g/mol. The predicted molar refractivity (Wildman–Crippen MR) is 87.8 cm³/mol. The highest BCUT2D eigenvalue weighted by molar-refractivity contribution is 9.10. The van der Waals surface area contributed by atoms with E-state index in [1.165, 1.54) is 11.6 Å². The smallest absolute Gasteiger partial charge is 0.137 e. The second-order valence-corrected chi connectivity index (χ2v) is 5.96. The third-order valence-corrected chi connectivity index (χ3v) is 4.10. The molecule has 0 aliphatic carbocycles. The van der Waals surface area contributed by atoms with Gasteiger partial charge in [-0.05, 0) is 77.1 Å². The summed E-state index contributed by atoms with van der Waals surface area (Å²) >= 11 is 3.25. The lowest BCUT2D eigenvalue weighted by Crippen LogP contribution is -2.31. The number of likely N-dealkylation sites (N-methyl/N-ethyl adjacent to an activating group) is 1. The first-order valence-electron chi connectivity index (χ1n) is 7.25. The number of pyridine rings is 1. The first-order valence-corrected chi connectivity index (χ1v) is 8.04. The molecule has 0 saturated heterocycles. The second kappa shape index (κ2) is 8.25. The minimum atomic E-state index is -0.212. The average Bonchev–Trinajstić information content (AvgIpc) is 2.50. The Morgan fingerprint density at radius 2 is 1.95 bits per heavy atom. The van der Waals surface area contributed by atoms with Gasteiger partial charge in [0.25, 0.3) is 0 Å². The zero-order valence-corrected chi connectivity index (χ0v) is 13.7. The van der Waals surface area contributed by atoms with E-state index in [2.05, 4.69) is 45.3 Å². The number of rotatable bonds is 7. The van der Waals surface area contributed by atoms with E-state index in [1.54, 1.807) is 0 Å². The predicted octanol–water partition coefficient (Wildman–Crippen LogP) is 4.14. The van der Waals surface area contributed by atoms with Gasteiger partial charge in [-0.1, -0.05) is 13.0 Å². The van der Waals surface area contributed by atoms with Gasteiger partial charge >= 0.3 is 0 Å². The van der Waals surface area contributed by atoms with Crippen molar-refractivity contribution in [3.63, 3.8) is 0 Å². The van der Waals surface area contributed by atoms with E-state index >= 15 is 0 Å². The summed E-state index contributed by atoms with van der Waals surface area (Å²) in [5.74, 6) is -0.212. The highest BCUT2D eigenvalue weighted by Gasteiger charge is 2.10. The number of hydrogen-bond acceptors (Lipinski definition) is 2. The highest BCUT2D eigenvalue weighted by atomic mass is 79.9. The van der Waals surface area contributed by atoms with Crippen molar-refractivity contribution in [2.75, 3.05) is 6.54 Å². The van der Waals surface area contributed by atoms with Crippen molar-refractivity contribution in [1.82, 2.24) is 10.3 Å². The van der Waals surface area contributed by atoms with Gasteiger partial charge in [-0.3, -0.25) is 4.98 Å². The zero-order chi connectivity index (χ0) is 15.1. The maximum atomic E-state index is 13.3. The molecule has 0 fully saturated rings. The lowest BCUT2D eigenvalue weighted by Gasteiger charge is -2.18. The van der Waals surface area contributed by atoms with Crippen LogP contribution in [-0.4, -0.2) is 17.6 Å². The molecule has 0 radical (unpaired) electrons. The van der Waals surface area contributed by atoms with E-state index in [1.807, 2.05) is 24.5 Å². The topological polar surface area (TPSA) is 24.9 Å². The Balaban J connectivity index is 1.96. The maximum absolute atomic E-state index is 13.3. The number of aromatic nitrogens is 1. The number of benzene rings is 1. The van der Waals surface area contributed by atoms with Crippen LogP contribution in [-0.2, 0) is 12.8 Å². The van der Waals surface area contributed by atoms with Crippen molar-refractivity contribution in [3.05, 3.63) is 64.1 Å². The van der Waals surface area contributed by atoms with Crippen LogP contribution in [0.1, 0.15) is 24.5 Å². The van der Waals surface area contributed by atoms with Gasteiger partial charge in [-0.25, -0.2) is 4.39 Å². The molecular formula is C17H20BrFN2. The van der Waals surface area contributed by atoms with Crippen LogP contribution in [0.4, 0.5) is 4.39 Å². The zero-order valence-electron chi connectivity index (χ0n) is 12.2. The Kier molecular flexibility index (Phi) is 6.33. The van der Waals surface area contributed by atoms with Crippen molar-refractivity contribution in [1.29, 1.82) is 0 Å². The fourth-order valence-corrected chi connectivity index (χ4v) is 2.83. The number of aryl methyl sites for hydroxylation is 1.